The third kappa shape index (κ3) is 3.34. The minimum absolute atomic E-state index is 0.0987. The number of nitrogens with one attached hydrogen (secondary N) is 1. The number of nitrogens with zero attached hydrogens (tertiary/aromatic N) is 4. The van der Waals surface area contributed by atoms with Crippen LogP contribution in [0.25, 0.3) is 16.2 Å². The van der Waals surface area contributed by atoms with E-state index in [1.165, 1.54) is 10.7 Å². The predicted octanol–water partition coefficient (Wildman–Crippen LogP) is 3.14. The molecule has 0 aliphatic heterocycles. The molecular formula is C20H17N5O2S. The second-order valence-electron chi connectivity index (χ2n) is 6.87. The van der Waals surface area contributed by atoms with Gasteiger partial charge in [-0.15, -0.1) is 11.3 Å². The zero-order chi connectivity index (χ0) is 19.1. The van der Waals surface area contributed by atoms with Crippen LogP contribution in [-0.4, -0.2) is 25.1 Å². The highest BCUT2D eigenvalue weighted by molar-refractivity contribution is 7.15. The van der Waals surface area contributed by atoms with Gasteiger partial charge in [-0.3, -0.25) is 14.0 Å². The molecule has 1 aliphatic rings. The number of thiazole rings is 1. The van der Waals surface area contributed by atoms with Crippen molar-refractivity contribution in [2.45, 2.75) is 25.3 Å². The van der Waals surface area contributed by atoms with Gasteiger partial charge in [0.25, 0.3) is 5.56 Å². The number of aromatic nitrogens is 4. The van der Waals surface area contributed by atoms with Gasteiger partial charge in [0.2, 0.25) is 5.91 Å². The first-order chi connectivity index (χ1) is 13.7. The van der Waals surface area contributed by atoms with Gasteiger partial charge >= 0.3 is 0 Å². The molecule has 28 heavy (non-hydrogen) atoms. The summed E-state index contributed by atoms with van der Waals surface area (Å²) in [5.74, 6) is 0.151. The van der Waals surface area contributed by atoms with Crippen LogP contribution in [0.4, 0.5) is 5.69 Å². The molecule has 3 aromatic heterocycles. The normalized spacial score (nSPS) is 13.7. The minimum Gasteiger partial charge on any atom is -0.324 e. The molecule has 1 aliphatic carbocycles. The number of anilines is 1. The summed E-state index contributed by atoms with van der Waals surface area (Å²) in [5, 5.41) is 9.13. The molecule has 7 nitrogen and oxygen atoms in total. The van der Waals surface area contributed by atoms with Gasteiger partial charge in [-0.1, -0.05) is 12.1 Å². The SMILES string of the molecule is O=C(Cn1nc(C2CC2)ccc1=O)Nc1ccc(-c2cn3ccsc3n2)cc1. The molecule has 1 amide bonds. The van der Waals surface area contributed by atoms with Crippen LogP contribution in [-0.2, 0) is 11.3 Å². The monoisotopic (exact) mass is 391 g/mol. The molecule has 0 bridgehead atoms. The van der Waals surface area contributed by atoms with E-state index in [4.69, 9.17) is 0 Å². The molecule has 0 unspecified atom stereocenters. The van der Waals surface area contributed by atoms with E-state index < -0.39 is 0 Å². The quantitative estimate of drug-likeness (QED) is 0.567. The Bertz CT molecular complexity index is 1190. The Labute approximate surface area is 164 Å². The van der Waals surface area contributed by atoms with Crippen LogP contribution < -0.4 is 10.9 Å². The maximum absolute atomic E-state index is 12.3. The highest BCUT2D eigenvalue weighted by Crippen LogP contribution is 2.38. The Morgan fingerprint density at radius 3 is 2.75 bits per heavy atom. The zero-order valence-corrected chi connectivity index (χ0v) is 15.7. The van der Waals surface area contributed by atoms with Crippen molar-refractivity contribution in [1.29, 1.82) is 0 Å². The van der Waals surface area contributed by atoms with Gasteiger partial charge < -0.3 is 5.32 Å². The maximum Gasteiger partial charge on any atom is 0.267 e. The van der Waals surface area contributed by atoms with E-state index in [1.807, 2.05) is 46.4 Å². The third-order valence-corrected chi connectivity index (χ3v) is 5.50. The first kappa shape index (κ1) is 16.9. The largest absolute Gasteiger partial charge is 0.324 e. The summed E-state index contributed by atoms with van der Waals surface area (Å²) >= 11 is 1.58. The Morgan fingerprint density at radius 2 is 2.00 bits per heavy atom. The van der Waals surface area contributed by atoms with Crippen LogP contribution in [0.2, 0.25) is 0 Å². The van der Waals surface area contributed by atoms with Gasteiger partial charge in [0, 0.05) is 41.0 Å². The fourth-order valence-corrected chi connectivity index (χ4v) is 3.80. The van der Waals surface area contributed by atoms with Crippen molar-refractivity contribution < 1.29 is 4.79 Å². The van der Waals surface area contributed by atoms with Crippen molar-refractivity contribution in [3.8, 4) is 11.3 Å². The van der Waals surface area contributed by atoms with E-state index in [1.54, 1.807) is 17.4 Å². The summed E-state index contributed by atoms with van der Waals surface area (Å²) in [7, 11) is 0. The molecule has 8 heteroatoms. The smallest absolute Gasteiger partial charge is 0.267 e. The number of hydrogen-bond acceptors (Lipinski definition) is 5. The molecule has 140 valence electrons. The highest BCUT2D eigenvalue weighted by Gasteiger charge is 2.25. The van der Waals surface area contributed by atoms with Crippen LogP contribution in [0.1, 0.15) is 24.5 Å². The second-order valence-corrected chi connectivity index (χ2v) is 7.75. The summed E-state index contributed by atoms with van der Waals surface area (Å²) in [6.45, 7) is -0.0987. The van der Waals surface area contributed by atoms with Crippen LogP contribution in [0.15, 0.2) is 59.0 Å². The van der Waals surface area contributed by atoms with Crippen molar-refractivity contribution in [2.75, 3.05) is 5.32 Å². The van der Waals surface area contributed by atoms with Crippen molar-refractivity contribution >= 4 is 27.9 Å². The van der Waals surface area contributed by atoms with E-state index in [9.17, 15) is 9.59 Å². The molecule has 1 fully saturated rings. The standard InChI is InChI=1S/C20H17N5O2S/c26-18(12-25-19(27)8-7-16(23-25)13-1-2-13)21-15-5-3-14(4-6-15)17-11-24-9-10-28-20(24)22-17/h3-11,13H,1-2,12H2,(H,21,26). The highest BCUT2D eigenvalue weighted by atomic mass is 32.1. The third-order valence-electron chi connectivity index (χ3n) is 4.73. The lowest BCUT2D eigenvalue weighted by Gasteiger charge is -2.08. The number of rotatable bonds is 5. The molecule has 1 N–H and O–H groups in total. The molecule has 0 saturated heterocycles. The fourth-order valence-electron chi connectivity index (χ4n) is 3.10. The zero-order valence-electron chi connectivity index (χ0n) is 14.9. The first-order valence-corrected chi connectivity index (χ1v) is 9.94. The average Bonchev–Trinajstić information content (AvgIpc) is 3.31. The summed E-state index contributed by atoms with van der Waals surface area (Å²) in [4.78, 5) is 29.8. The molecule has 1 saturated carbocycles. The molecule has 4 aromatic rings. The van der Waals surface area contributed by atoms with E-state index in [2.05, 4.69) is 15.4 Å². The van der Waals surface area contributed by atoms with Gasteiger partial charge in [-0.25, -0.2) is 9.67 Å². The predicted molar refractivity (Wildman–Crippen MR) is 108 cm³/mol. The van der Waals surface area contributed by atoms with Gasteiger partial charge in [0.1, 0.15) is 6.54 Å². The van der Waals surface area contributed by atoms with E-state index >= 15 is 0 Å². The Hall–Kier alpha value is -3.26. The molecule has 3 heterocycles. The summed E-state index contributed by atoms with van der Waals surface area (Å²) in [6, 6.07) is 10.7. The number of carbonyl (C=O) groups excluding carboxylic acids is 1. The molecular weight excluding hydrogens is 374 g/mol. The molecule has 0 spiro atoms. The van der Waals surface area contributed by atoms with E-state index in [0.29, 0.717) is 11.6 Å². The molecule has 0 radical (unpaired) electrons. The fraction of sp³-hybridized carbons (Fsp3) is 0.200. The Kier molecular flexibility index (Phi) is 4.05. The lowest BCUT2D eigenvalue weighted by molar-refractivity contribution is -0.117. The van der Waals surface area contributed by atoms with Crippen LogP contribution >= 0.6 is 11.3 Å². The van der Waals surface area contributed by atoms with E-state index in [0.717, 1.165) is 34.8 Å². The number of benzene rings is 1. The summed E-state index contributed by atoms with van der Waals surface area (Å²) < 4.78 is 3.21. The second kappa shape index (κ2) is 6.72. The minimum atomic E-state index is -0.280. The van der Waals surface area contributed by atoms with Gasteiger partial charge in [0.15, 0.2) is 4.96 Å². The summed E-state index contributed by atoms with van der Waals surface area (Å²) in [6.07, 6.45) is 6.14. The molecule has 5 rings (SSSR count). The number of carbonyl (C=O) groups is 1. The topological polar surface area (TPSA) is 81.3 Å². The molecule has 0 atom stereocenters. The van der Waals surface area contributed by atoms with Crippen molar-refractivity contribution in [2.24, 2.45) is 0 Å². The number of imidazole rings is 1. The Morgan fingerprint density at radius 1 is 1.18 bits per heavy atom. The first-order valence-electron chi connectivity index (χ1n) is 9.06. The van der Waals surface area contributed by atoms with Crippen LogP contribution in [0.3, 0.4) is 0 Å². The lowest BCUT2D eigenvalue weighted by Crippen LogP contribution is -2.29. The number of hydrogen-bond donors (Lipinski definition) is 1. The van der Waals surface area contributed by atoms with Gasteiger partial charge in [-0.2, -0.15) is 5.10 Å². The van der Waals surface area contributed by atoms with Crippen molar-refractivity contribution in [3.05, 3.63) is 70.2 Å². The number of fused-ring (bicyclic) bond motifs is 1. The Balaban J connectivity index is 1.28. The lowest BCUT2D eigenvalue weighted by atomic mass is 10.1. The maximum atomic E-state index is 12.3. The van der Waals surface area contributed by atoms with Gasteiger partial charge in [-0.05, 0) is 31.0 Å². The van der Waals surface area contributed by atoms with E-state index in [-0.39, 0.29) is 18.0 Å². The van der Waals surface area contributed by atoms with Crippen molar-refractivity contribution in [1.82, 2.24) is 19.2 Å². The van der Waals surface area contributed by atoms with Crippen molar-refractivity contribution in [3.63, 3.8) is 0 Å². The average molecular weight is 391 g/mol. The van der Waals surface area contributed by atoms with Crippen LogP contribution in [0, 0.1) is 0 Å². The molecule has 1 aromatic carbocycles. The van der Waals surface area contributed by atoms with Gasteiger partial charge in [0.05, 0.1) is 11.4 Å². The number of amides is 1. The summed E-state index contributed by atoms with van der Waals surface area (Å²) in [5.41, 5.74) is 3.15. The van der Waals surface area contributed by atoms with Crippen LogP contribution in [0.5, 0.6) is 0 Å².